The Kier molecular flexibility index (Phi) is 5.23. The Morgan fingerprint density at radius 2 is 2.19 bits per heavy atom. The summed E-state index contributed by atoms with van der Waals surface area (Å²) >= 11 is 1.45. The van der Waals surface area contributed by atoms with Crippen molar-refractivity contribution < 1.29 is 18.8 Å². The molecule has 0 N–H and O–H groups in total. The van der Waals surface area contributed by atoms with Crippen LogP contribution in [-0.4, -0.2) is 52.8 Å². The van der Waals surface area contributed by atoms with E-state index in [4.69, 9.17) is 14.0 Å². The maximum absolute atomic E-state index is 13.1. The fourth-order valence-corrected chi connectivity index (χ4v) is 3.68. The molecule has 4 rings (SSSR count). The number of hydrogen-bond acceptors (Lipinski definition) is 8. The van der Waals surface area contributed by atoms with E-state index in [1.807, 2.05) is 30.3 Å². The van der Waals surface area contributed by atoms with E-state index < -0.39 is 6.04 Å². The molecule has 1 aliphatic heterocycles. The molecule has 0 bridgehead atoms. The number of thiazole rings is 1. The first-order valence-electron chi connectivity index (χ1n) is 8.47. The minimum Gasteiger partial charge on any atom is -0.377 e. The van der Waals surface area contributed by atoms with Crippen LogP contribution < -0.4 is 0 Å². The Labute approximate surface area is 159 Å². The van der Waals surface area contributed by atoms with Crippen LogP contribution in [0.4, 0.5) is 0 Å². The van der Waals surface area contributed by atoms with Crippen LogP contribution in [0.5, 0.6) is 0 Å². The van der Waals surface area contributed by atoms with Gasteiger partial charge in [0.1, 0.15) is 23.4 Å². The topological polar surface area (TPSA) is 90.6 Å². The number of nitrogens with zero attached hydrogens (tertiary/aromatic N) is 4. The normalized spacial score (nSPS) is 17.2. The van der Waals surface area contributed by atoms with Gasteiger partial charge < -0.3 is 18.9 Å². The number of methoxy groups -OCH3 is 1. The highest BCUT2D eigenvalue weighted by atomic mass is 32.1. The summed E-state index contributed by atoms with van der Waals surface area (Å²) in [5.41, 5.74) is 1.40. The first-order valence-corrected chi connectivity index (χ1v) is 9.35. The van der Waals surface area contributed by atoms with Crippen LogP contribution >= 0.6 is 11.3 Å². The van der Waals surface area contributed by atoms with Crippen molar-refractivity contribution in [2.75, 3.05) is 26.9 Å². The van der Waals surface area contributed by atoms with Gasteiger partial charge in [0.2, 0.25) is 0 Å². The van der Waals surface area contributed by atoms with E-state index in [0.29, 0.717) is 37.2 Å². The van der Waals surface area contributed by atoms with Crippen molar-refractivity contribution in [1.29, 1.82) is 0 Å². The Balaban J connectivity index is 1.56. The molecule has 9 heteroatoms. The van der Waals surface area contributed by atoms with E-state index in [1.54, 1.807) is 17.4 Å². The second kappa shape index (κ2) is 7.95. The van der Waals surface area contributed by atoms with Crippen molar-refractivity contribution in [3.63, 3.8) is 0 Å². The van der Waals surface area contributed by atoms with Crippen molar-refractivity contribution in [2.45, 2.75) is 12.6 Å². The van der Waals surface area contributed by atoms with Gasteiger partial charge in [0.05, 0.1) is 13.2 Å². The predicted molar refractivity (Wildman–Crippen MR) is 97.2 cm³/mol. The number of carbonyl (C=O) groups is 1. The highest BCUT2D eigenvalue weighted by Gasteiger charge is 2.33. The van der Waals surface area contributed by atoms with Crippen molar-refractivity contribution in [1.82, 2.24) is 20.0 Å². The third-order valence-electron chi connectivity index (χ3n) is 4.18. The zero-order valence-electron chi connectivity index (χ0n) is 14.7. The van der Waals surface area contributed by atoms with Gasteiger partial charge in [-0.05, 0) is 0 Å². The SMILES string of the molecule is COCc1nc(C2COCCN2C(=O)c2csc(-c3ccccc3)n2)no1. The predicted octanol–water partition coefficient (Wildman–Crippen LogP) is 2.55. The number of hydrogen-bond donors (Lipinski definition) is 0. The molecule has 2 aromatic heterocycles. The van der Waals surface area contributed by atoms with Crippen LogP contribution in [0.1, 0.15) is 28.2 Å². The third-order valence-corrected chi connectivity index (χ3v) is 5.07. The highest BCUT2D eigenvalue weighted by Crippen LogP contribution is 2.27. The summed E-state index contributed by atoms with van der Waals surface area (Å²) in [5.74, 6) is 0.610. The molecule has 1 aliphatic rings. The molecular weight excluding hydrogens is 368 g/mol. The molecule has 0 spiro atoms. The van der Waals surface area contributed by atoms with Crippen LogP contribution in [0, 0.1) is 0 Å². The Morgan fingerprint density at radius 1 is 1.33 bits per heavy atom. The van der Waals surface area contributed by atoms with Crippen molar-refractivity contribution >= 4 is 17.2 Å². The van der Waals surface area contributed by atoms with E-state index in [9.17, 15) is 4.79 Å². The zero-order chi connectivity index (χ0) is 18.6. The molecular formula is C18H18N4O4S. The van der Waals surface area contributed by atoms with E-state index in [1.165, 1.54) is 11.3 Å². The standard InChI is InChI=1S/C18H18N4O4S/c1-24-10-15-20-16(21-26-15)14-9-25-8-7-22(14)18(23)13-11-27-17(19-13)12-5-3-2-4-6-12/h2-6,11,14H,7-10H2,1H3. The third kappa shape index (κ3) is 3.75. The average molecular weight is 386 g/mol. The fourth-order valence-electron chi connectivity index (χ4n) is 2.88. The lowest BCUT2D eigenvalue weighted by Gasteiger charge is -2.33. The number of rotatable bonds is 5. The van der Waals surface area contributed by atoms with Crippen molar-refractivity contribution in [2.24, 2.45) is 0 Å². The van der Waals surface area contributed by atoms with Crippen LogP contribution in [0.3, 0.4) is 0 Å². The van der Waals surface area contributed by atoms with Gasteiger partial charge >= 0.3 is 0 Å². The molecule has 3 aromatic rings. The van der Waals surface area contributed by atoms with Gasteiger partial charge in [-0.3, -0.25) is 4.79 Å². The number of aromatic nitrogens is 3. The molecule has 0 radical (unpaired) electrons. The van der Waals surface area contributed by atoms with Crippen LogP contribution in [0.15, 0.2) is 40.2 Å². The summed E-state index contributed by atoms with van der Waals surface area (Å²) in [6.07, 6.45) is 0. The molecule has 8 nitrogen and oxygen atoms in total. The van der Waals surface area contributed by atoms with Gasteiger partial charge in [-0.2, -0.15) is 4.98 Å². The van der Waals surface area contributed by atoms with Crippen LogP contribution in [0.25, 0.3) is 10.6 Å². The summed E-state index contributed by atoms with van der Waals surface area (Å²) in [6.45, 7) is 1.44. The van der Waals surface area contributed by atoms with E-state index in [0.717, 1.165) is 10.6 Å². The van der Waals surface area contributed by atoms with Gasteiger partial charge in [-0.25, -0.2) is 4.98 Å². The van der Waals surface area contributed by atoms with Crippen molar-refractivity contribution in [3.8, 4) is 10.6 Å². The lowest BCUT2D eigenvalue weighted by atomic mass is 10.2. The van der Waals surface area contributed by atoms with Gasteiger partial charge in [0, 0.05) is 24.6 Å². The molecule has 0 aliphatic carbocycles. The Hall–Kier alpha value is -2.62. The van der Waals surface area contributed by atoms with Crippen molar-refractivity contribution in [3.05, 3.63) is 53.1 Å². The quantitative estimate of drug-likeness (QED) is 0.665. The van der Waals surface area contributed by atoms with Gasteiger partial charge in [-0.15, -0.1) is 11.3 Å². The molecule has 1 fully saturated rings. The molecule has 1 atom stereocenters. The van der Waals surface area contributed by atoms with E-state index in [2.05, 4.69) is 15.1 Å². The second-order valence-electron chi connectivity index (χ2n) is 5.97. The molecule has 1 unspecified atom stereocenters. The Bertz CT molecular complexity index is 911. The molecule has 1 amide bonds. The number of ether oxygens (including phenoxy) is 2. The minimum atomic E-state index is -0.414. The van der Waals surface area contributed by atoms with Crippen LogP contribution in [0.2, 0.25) is 0 Å². The Morgan fingerprint density at radius 3 is 3.00 bits per heavy atom. The van der Waals surface area contributed by atoms with Gasteiger partial charge in [0.15, 0.2) is 5.82 Å². The molecule has 0 saturated carbocycles. The summed E-state index contributed by atoms with van der Waals surface area (Å²) in [6, 6.07) is 9.38. The monoisotopic (exact) mass is 386 g/mol. The summed E-state index contributed by atoms with van der Waals surface area (Å²) in [4.78, 5) is 23.6. The minimum absolute atomic E-state index is 0.167. The summed E-state index contributed by atoms with van der Waals surface area (Å²) < 4.78 is 15.7. The highest BCUT2D eigenvalue weighted by molar-refractivity contribution is 7.13. The van der Waals surface area contributed by atoms with Crippen LogP contribution in [-0.2, 0) is 16.1 Å². The number of amides is 1. The lowest BCUT2D eigenvalue weighted by molar-refractivity contribution is -0.00602. The number of morpholine rings is 1. The molecule has 1 saturated heterocycles. The summed E-state index contributed by atoms with van der Waals surface area (Å²) in [5, 5.41) is 6.57. The van der Waals surface area contributed by atoms with E-state index >= 15 is 0 Å². The largest absolute Gasteiger partial charge is 0.377 e. The average Bonchev–Trinajstić information content (AvgIpc) is 3.38. The van der Waals surface area contributed by atoms with Gasteiger partial charge in [0.25, 0.3) is 11.8 Å². The second-order valence-corrected chi connectivity index (χ2v) is 6.83. The molecule has 27 heavy (non-hydrogen) atoms. The summed E-state index contributed by atoms with van der Waals surface area (Å²) in [7, 11) is 1.55. The first-order chi connectivity index (χ1) is 13.3. The molecule has 1 aromatic carbocycles. The maximum Gasteiger partial charge on any atom is 0.274 e. The fraction of sp³-hybridized carbons (Fsp3) is 0.333. The maximum atomic E-state index is 13.1. The smallest absolute Gasteiger partial charge is 0.274 e. The lowest BCUT2D eigenvalue weighted by Crippen LogP contribution is -2.44. The molecule has 3 heterocycles. The van der Waals surface area contributed by atoms with E-state index in [-0.39, 0.29) is 12.5 Å². The number of carbonyl (C=O) groups excluding carboxylic acids is 1. The number of benzene rings is 1. The first kappa shape index (κ1) is 17.8. The molecule has 140 valence electrons. The zero-order valence-corrected chi connectivity index (χ0v) is 15.5. The van der Waals surface area contributed by atoms with Gasteiger partial charge in [-0.1, -0.05) is 35.5 Å².